The van der Waals surface area contributed by atoms with Crippen LogP contribution in [0, 0.1) is 0 Å². The van der Waals surface area contributed by atoms with E-state index in [4.69, 9.17) is 81.7 Å². The molecule has 0 aliphatic carbocycles. The molecule has 0 saturated heterocycles. The van der Waals surface area contributed by atoms with Crippen molar-refractivity contribution in [3.63, 3.8) is 0 Å². The monoisotopic (exact) mass is 1700 g/mol. The Hall–Kier alpha value is -8.64. The number of benzene rings is 10. The molecule has 0 atom stereocenters. The Bertz CT molecular complexity index is 5020. The lowest BCUT2D eigenvalue weighted by molar-refractivity contribution is -0.118. The number of ether oxygens (including phenoxy) is 5. The second kappa shape index (κ2) is 46.9. The third-order valence-corrected chi connectivity index (χ3v) is 23.5. The van der Waals surface area contributed by atoms with E-state index in [0.717, 1.165) is 101 Å². The minimum atomic E-state index is -3.30. The number of rotatable bonds is 29. The summed E-state index contributed by atoms with van der Waals surface area (Å²) in [5, 5.41) is 3.48. The van der Waals surface area contributed by atoms with Gasteiger partial charge in [0, 0.05) is 131 Å². The van der Waals surface area contributed by atoms with Crippen molar-refractivity contribution in [3.05, 3.63) is 265 Å². The predicted molar refractivity (Wildman–Crippen MR) is 479 cm³/mol. The molecule has 0 aromatic heterocycles. The zero-order valence-corrected chi connectivity index (χ0v) is 73.8. The average Bonchev–Trinajstić information content (AvgIpc) is 0.807. The van der Waals surface area contributed by atoms with Crippen LogP contribution in [0.25, 0.3) is 55.6 Å². The standard InChI is InChI=1S/2C19H22ClNO2.C18H22ClNO3S.C18H20ClNO2.C17H20ClNO3S/c1-13(2)21(14(3)22)18-9-10-19(16(11-18)12-23-4)15-5-7-17(20)8-6-15;1-4-19(22)21(5-2)17-10-11-18(15(12-17)13-23-3)14-6-8-16(20)9-7-14;1-4-20(24(21,22)5-2)17-10-11-18(15(12-17)13-23-3)14-6-8-16(19)9-7-14;1-4-18(21)20(2)16-9-10-17(14(11-16)12-22-3)13-5-7-15(19)8-6-13;1-4-23(20,21)19(2)16-9-10-17(14(11-16)12-22-3)13-5-7-15(18)8-6-13/h5-11,13H,12H2,1-4H3;6-12H,4-5,13H2,1-3H3;6-12H,4-5,13H2,1-3H3;5-11H,4,12H2,1-3H3;5-11H,4,12H2,1-3H3. The SMILES string of the molecule is CCC(=O)N(C)c1ccc(-c2ccc(Cl)cc2)c(COC)c1.CCC(=O)N(CC)c1ccc(-c2ccc(Cl)cc2)c(COC)c1.CCN(c1ccc(-c2ccc(Cl)cc2)c(COC)c1)S(=O)(=O)CC.CCS(=O)(=O)N(C)c1ccc(-c2ccc(Cl)cc2)c(COC)c1.COCc1cc(N(C(C)=O)C(C)C)ccc1-c1ccc(Cl)cc1. The van der Waals surface area contributed by atoms with Gasteiger partial charge in [0.2, 0.25) is 37.8 Å². The van der Waals surface area contributed by atoms with Crippen LogP contribution in [0.3, 0.4) is 0 Å². The number of hydrogen-bond donors (Lipinski definition) is 0. The van der Waals surface area contributed by atoms with Crippen molar-refractivity contribution in [1.82, 2.24) is 0 Å². The molecule has 0 N–H and O–H groups in total. The van der Waals surface area contributed by atoms with E-state index in [2.05, 4.69) is 0 Å². The first-order chi connectivity index (χ1) is 54.9. The number of sulfonamides is 2. The van der Waals surface area contributed by atoms with E-state index in [1.807, 2.05) is 248 Å². The zero-order chi connectivity index (χ0) is 84.7. The highest BCUT2D eigenvalue weighted by Gasteiger charge is 2.23. The molecule has 0 heterocycles. The van der Waals surface area contributed by atoms with E-state index in [9.17, 15) is 31.2 Å². The zero-order valence-electron chi connectivity index (χ0n) is 68.4. The first kappa shape index (κ1) is 95.2. The Balaban J connectivity index is 0.000000224. The minimum Gasteiger partial charge on any atom is -0.380 e. The molecule has 10 aromatic rings. The summed E-state index contributed by atoms with van der Waals surface area (Å²) in [5.74, 6) is 0.363. The van der Waals surface area contributed by atoms with Gasteiger partial charge in [-0.3, -0.25) is 23.0 Å². The van der Waals surface area contributed by atoms with Crippen molar-refractivity contribution in [2.24, 2.45) is 0 Å². The van der Waals surface area contributed by atoms with Crippen LogP contribution in [0.15, 0.2) is 212 Å². The normalized spacial score (nSPS) is 11.0. The molecule has 115 heavy (non-hydrogen) atoms. The summed E-state index contributed by atoms with van der Waals surface area (Å²) in [6.07, 6.45) is 0.974. The molecule has 0 radical (unpaired) electrons. The predicted octanol–water partition coefficient (Wildman–Crippen LogP) is 22.6. The molecule has 0 aliphatic rings. The van der Waals surface area contributed by atoms with Crippen LogP contribution in [0.4, 0.5) is 28.4 Å². The highest BCUT2D eigenvalue weighted by Crippen LogP contribution is 2.37. The summed E-state index contributed by atoms with van der Waals surface area (Å²) in [5.41, 5.74) is 19.4. The van der Waals surface area contributed by atoms with Gasteiger partial charge >= 0.3 is 0 Å². The molecule has 0 saturated carbocycles. The lowest BCUT2D eigenvalue weighted by Gasteiger charge is -2.26. The molecule has 0 spiro atoms. The largest absolute Gasteiger partial charge is 0.380 e. The molecular formula is C91H106Cl5N5O12S2. The maximum atomic E-state index is 12.3. The van der Waals surface area contributed by atoms with Gasteiger partial charge in [-0.05, 0) is 246 Å². The van der Waals surface area contributed by atoms with E-state index in [1.165, 1.54) is 8.61 Å². The fourth-order valence-electron chi connectivity index (χ4n) is 12.7. The second-order valence-electron chi connectivity index (χ2n) is 26.6. The number of halogens is 5. The van der Waals surface area contributed by atoms with Gasteiger partial charge < -0.3 is 38.4 Å². The molecule has 10 rings (SSSR count). The van der Waals surface area contributed by atoms with Gasteiger partial charge in [0.1, 0.15) is 0 Å². The molecule has 17 nitrogen and oxygen atoms in total. The first-order valence-corrected chi connectivity index (χ1v) is 42.8. The minimum absolute atomic E-state index is 0.0302. The second-order valence-corrected chi connectivity index (χ2v) is 33.3. The number of amides is 3. The van der Waals surface area contributed by atoms with Crippen molar-refractivity contribution >= 4 is 124 Å². The van der Waals surface area contributed by atoms with E-state index in [1.54, 1.807) is 91.2 Å². The lowest BCUT2D eigenvalue weighted by Crippen LogP contribution is -2.35. The topological polar surface area (TPSA) is 182 Å². The fraction of sp³-hybridized carbons (Fsp3) is 0.308. The van der Waals surface area contributed by atoms with Crippen molar-refractivity contribution < 1.29 is 54.9 Å². The molecule has 0 bridgehead atoms. The van der Waals surface area contributed by atoms with Gasteiger partial charge in [0.05, 0.1) is 55.9 Å². The van der Waals surface area contributed by atoms with Gasteiger partial charge in [0.25, 0.3) is 0 Å². The third kappa shape index (κ3) is 27.2. The highest BCUT2D eigenvalue weighted by atomic mass is 35.5. The quantitative estimate of drug-likeness (QED) is 0.0433. The Morgan fingerprint density at radius 1 is 0.348 bits per heavy atom. The van der Waals surface area contributed by atoms with Crippen LogP contribution < -0.4 is 23.3 Å². The van der Waals surface area contributed by atoms with Gasteiger partial charge in [-0.15, -0.1) is 0 Å². The van der Waals surface area contributed by atoms with Crippen molar-refractivity contribution in [1.29, 1.82) is 0 Å². The summed E-state index contributed by atoms with van der Waals surface area (Å²) in [4.78, 5) is 41.1. The average molecular weight is 1700 g/mol. The number of methoxy groups -OCH3 is 5. The molecule has 24 heteroatoms. The molecule has 3 amide bonds. The lowest BCUT2D eigenvalue weighted by atomic mass is 9.99. The summed E-state index contributed by atoms with van der Waals surface area (Å²) in [6.45, 7) is 19.7. The number of carbonyl (C=O) groups is 3. The van der Waals surface area contributed by atoms with Gasteiger partial charge in [-0.25, -0.2) is 16.8 Å². The molecule has 0 unspecified atom stereocenters. The van der Waals surface area contributed by atoms with E-state index >= 15 is 0 Å². The first-order valence-electron chi connectivity index (χ1n) is 37.6. The Kier molecular flexibility index (Phi) is 38.9. The summed E-state index contributed by atoms with van der Waals surface area (Å²) >= 11 is 29.8. The van der Waals surface area contributed by atoms with Crippen LogP contribution >= 0.6 is 58.0 Å². The highest BCUT2D eigenvalue weighted by molar-refractivity contribution is 7.93. The van der Waals surface area contributed by atoms with Gasteiger partial charge in [-0.1, -0.05) is 163 Å². The van der Waals surface area contributed by atoms with Crippen LogP contribution in [-0.2, 0) is 91.1 Å². The number of nitrogens with zero attached hydrogens (tertiary/aromatic N) is 5. The number of hydrogen-bond acceptors (Lipinski definition) is 12. The van der Waals surface area contributed by atoms with Crippen LogP contribution in [0.1, 0.15) is 103 Å². The van der Waals surface area contributed by atoms with Gasteiger partial charge in [0.15, 0.2) is 0 Å². The maximum absolute atomic E-state index is 12.3. The van der Waals surface area contributed by atoms with E-state index in [0.29, 0.717) is 95.5 Å². The van der Waals surface area contributed by atoms with Gasteiger partial charge in [-0.2, -0.15) is 0 Å². The smallest absolute Gasteiger partial charge is 0.234 e. The van der Waals surface area contributed by atoms with E-state index < -0.39 is 20.0 Å². The fourth-order valence-corrected chi connectivity index (χ4v) is 15.3. The van der Waals surface area contributed by atoms with Crippen molar-refractivity contribution in [2.75, 3.05) is 97.5 Å². The maximum Gasteiger partial charge on any atom is 0.234 e. The van der Waals surface area contributed by atoms with E-state index in [-0.39, 0.29) is 35.3 Å². The third-order valence-electron chi connectivity index (χ3n) is 18.6. The Labute approximate surface area is 706 Å². The number of anilines is 5. The molecular weight excluding hydrogens is 1600 g/mol. The van der Waals surface area contributed by atoms with Crippen LogP contribution in [0.2, 0.25) is 25.1 Å². The van der Waals surface area contributed by atoms with Crippen LogP contribution in [-0.4, -0.2) is 115 Å². The molecule has 0 aliphatic heterocycles. The van der Waals surface area contributed by atoms with Crippen molar-refractivity contribution in [2.45, 2.75) is 114 Å². The molecule has 614 valence electrons. The summed E-state index contributed by atoms with van der Waals surface area (Å²) < 4.78 is 77.9. The van der Waals surface area contributed by atoms with Crippen LogP contribution in [0.5, 0.6) is 0 Å². The van der Waals surface area contributed by atoms with Crippen molar-refractivity contribution in [3.8, 4) is 55.6 Å². The summed E-state index contributed by atoms with van der Waals surface area (Å²) in [7, 11) is 5.01. The summed E-state index contributed by atoms with van der Waals surface area (Å²) in [6, 6.07) is 67.6. The molecule has 10 aromatic carbocycles. The Morgan fingerprint density at radius 2 is 0.617 bits per heavy atom. The number of carbonyl (C=O) groups excluding carboxylic acids is 3. The Morgan fingerprint density at radius 3 is 0.896 bits per heavy atom. The molecule has 0 fully saturated rings.